The molecule has 0 aromatic heterocycles. The van der Waals surface area contributed by atoms with Gasteiger partial charge in [-0.3, -0.25) is 0 Å². The van der Waals surface area contributed by atoms with E-state index in [1.165, 1.54) is 55.4 Å². The zero-order valence-electron chi connectivity index (χ0n) is 74.1. The van der Waals surface area contributed by atoms with Crippen LogP contribution in [0, 0.1) is 0 Å². The van der Waals surface area contributed by atoms with E-state index in [-0.39, 0.29) is 35.8 Å². The molecule has 8 aromatic rings. The van der Waals surface area contributed by atoms with Crippen molar-refractivity contribution in [3.05, 3.63) is 254 Å². The molecule has 3 N–H and O–H groups in total. The lowest BCUT2D eigenvalue weighted by atomic mass is 10.2. The smallest absolute Gasteiger partial charge is 0.347 e. The molecule has 11 atom stereocenters. The first-order valence-electron chi connectivity index (χ1n) is 40.6. The van der Waals surface area contributed by atoms with Crippen molar-refractivity contribution in [3.63, 3.8) is 0 Å². The minimum Gasteiger partial charge on any atom is -0.479 e. The van der Waals surface area contributed by atoms with Gasteiger partial charge in [0.25, 0.3) is 25.0 Å². The average molecular weight is 1780 g/mol. The fourth-order valence-electron chi connectivity index (χ4n) is 12.9. The van der Waals surface area contributed by atoms with Crippen molar-refractivity contribution in [1.82, 2.24) is 0 Å². The van der Waals surface area contributed by atoms with Crippen LogP contribution in [0.5, 0.6) is 0 Å². The van der Waals surface area contributed by atoms with Gasteiger partial charge in [0, 0.05) is 0 Å². The Morgan fingerprint density at radius 1 is 0.248 bits per heavy atom. The number of benzene rings is 8. The second-order valence-corrected chi connectivity index (χ2v) is 45.1. The fraction of sp³-hybridized carbons (Fsp3) is 0.385. The van der Waals surface area contributed by atoms with Crippen LogP contribution in [0.15, 0.2) is 243 Å². The van der Waals surface area contributed by atoms with Crippen molar-refractivity contribution < 1.29 is 124 Å². The van der Waals surface area contributed by atoms with Gasteiger partial charge in [0.2, 0.25) is 0 Å². The highest BCUT2D eigenvalue weighted by Crippen LogP contribution is 2.41. The summed E-state index contributed by atoms with van der Waals surface area (Å²) >= 11 is 0. The Labute approximate surface area is 736 Å². The molecule has 0 saturated heterocycles. The quantitative estimate of drug-likeness (QED) is 0.0192. The van der Waals surface area contributed by atoms with E-state index in [9.17, 15) is 52.7 Å². The first kappa shape index (κ1) is 106. The van der Waals surface area contributed by atoms with Crippen LogP contribution in [0.3, 0.4) is 0 Å². The van der Waals surface area contributed by atoms with Crippen LogP contribution in [-0.2, 0) is 122 Å². The summed E-state index contributed by atoms with van der Waals surface area (Å²) in [5.41, 5.74) is 1.69. The van der Waals surface area contributed by atoms with Gasteiger partial charge >= 0.3 is 65.7 Å². The standard InChI is InChI=1S/C35H42O9Si.C28H36O9Si.C22H28O5Si.C10H12O3.CH4/c1-24(31(36)40-23-28-17-11-8-12-18-28)41-32(37)25(2)42-33(38)26(3)43-34(39)27(4)44-45(35(5,6)7,29-19-13-9-14-20-29)30-21-15-10-16-22-30;1-18(24(29)30)34-25(31)19(2)35-26(32)20(3)36-27(33)21(4)37-38(28(5,6)7,22-14-10-8-11-15-22)23-16-12-9-13-17-23;1-16(20(23)24)26-21(25)17(2)27-28(22(3,4)5,18-12-8-6-9-13-18)19-14-10-7-11-15-19;1-8(11)10(12)13-7-9-5-3-2-4-6-9;/h8-22,24-27H,23H2,1-7H3;8-21H,1-7H3,(H,29,30);6-17H,1-5H3,(H,23,24);2-6,8,11H,7H2,1H3;1H4/t24-,25-,26-,27+;18-,19-,20-,21+;16-,17+;8-;/m1110./s1. The third kappa shape index (κ3) is 30.4. The molecule has 674 valence electrons. The summed E-state index contributed by atoms with van der Waals surface area (Å²) < 4.78 is 65.9. The van der Waals surface area contributed by atoms with Gasteiger partial charge in [-0.2, -0.15) is 0 Å². The molecule has 0 aliphatic rings. The molecule has 0 saturated carbocycles. The van der Waals surface area contributed by atoms with Crippen molar-refractivity contribution in [2.45, 2.75) is 241 Å². The van der Waals surface area contributed by atoms with Crippen molar-refractivity contribution in [1.29, 1.82) is 0 Å². The summed E-state index contributed by atoms with van der Waals surface area (Å²) in [7, 11) is -9.01. The Balaban J connectivity index is 0.000000371. The van der Waals surface area contributed by atoms with E-state index >= 15 is 0 Å². The summed E-state index contributed by atoms with van der Waals surface area (Å²) in [5, 5.41) is 31.7. The van der Waals surface area contributed by atoms with Gasteiger partial charge in [-0.25, -0.2) is 52.7 Å². The SMILES string of the molecule is C.C[C@H](O)C(=O)OCc1ccccc1.C[C@H](O[Si](c1ccccc1)(c1ccccc1)C(C)(C)C)C(=O)O[C@H](C)C(=O)O.C[C@H](O[Si](c1ccccc1)(c1ccccc1)C(C)(C)C)C(=O)O[C@H](C)C(=O)O[C@H](C)C(=O)O[C@H](C)C(=O)O.C[C@H](O[Si](c1ccccc1)(c1ccccc1)C(C)(C)C)C(=O)O[C@H](C)C(=O)O[C@H](C)C(=O)O[C@H](C)C(=O)OCc1ccccc1. The summed E-state index contributed by atoms with van der Waals surface area (Å²) in [5.74, 6) is -9.98. The second-order valence-electron chi connectivity index (χ2n) is 32.4. The number of carboxylic acid groups (broad SMARTS) is 2. The van der Waals surface area contributed by atoms with Crippen LogP contribution < -0.4 is 31.1 Å². The van der Waals surface area contributed by atoms with Crippen LogP contribution in [-0.4, -0.2) is 173 Å². The largest absolute Gasteiger partial charge is 0.479 e. The number of aliphatic carboxylic acids is 2. The lowest BCUT2D eigenvalue weighted by molar-refractivity contribution is -0.183. The number of aliphatic hydroxyl groups is 1. The molecular formula is C96H122O26Si3. The number of hydrogen-bond donors (Lipinski definition) is 3. The topological polar surface area (TPSA) is 359 Å². The molecule has 0 unspecified atom stereocenters. The molecule has 26 nitrogen and oxygen atoms in total. The summed E-state index contributed by atoms with van der Waals surface area (Å²) in [6.07, 6.45) is -13.3. The van der Waals surface area contributed by atoms with Crippen LogP contribution in [0.4, 0.5) is 0 Å². The predicted octanol–water partition coefficient (Wildman–Crippen LogP) is 12.0. The van der Waals surface area contributed by atoms with E-state index in [2.05, 4.69) is 62.3 Å². The Hall–Kier alpha value is -11.6. The number of carboxylic acids is 2. The highest BCUT2D eigenvalue weighted by atomic mass is 28.4. The van der Waals surface area contributed by atoms with Gasteiger partial charge in [-0.05, 0) is 134 Å². The molecular weight excluding hydrogens is 1650 g/mol. The summed E-state index contributed by atoms with van der Waals surface area (Å²) in [6, 6.07) is 77.4. The minimum absolute atomic E-state index is 0. The molecule has 8 rings (SSSR count). The van der Waals surface area contributed by atoms with Crippen LogP contribution in [0.2, 0.25) is 15.1 Å². The van der Waals surface area contributed by atoms with Gasteiger partial charge in [0.05, 0.1) is 0 Å². The normalized spacial score (nSPS) is 14.1. The number of hydrogen-bond acceptors (Lipinski definition) is 24. The first-order valence-corrected chi connectivity index (χ1v) is 46.3. The molecule has 0 spiro atoms. The molecule has 0 fully saturated rings. The summed E-state index contributed by atoms with van der Waals surface area (Å²) in [6.45, 7) is 34.3. The number of ether oxygens (including phenoxy) is 9. The second kappa shape index (κ2) is 49.2. The number of esters is 9. The van der Waals surface area contributed by atoms with E-state index in [0.717, 1.165) is 42.2 Å². The van der Waals surface area contributed by atoms with Crippen molar-refractivity contribution in [2.75, 3.05) is 0 Å². The molecule has 0 bridgehead atoms. The first-order chi connectivity index (χ1) is 58.2. The van der Waals surface area contributed by atoms with E-state index in [0.29, 0.717) is 0 Å². The van der Waals surface area contributed by atoms with Crippen molar-refractivity contribution >= 4 is 122 Å². The monoisotopic (exact) mass is 1770 g/mol. The van der Waals surface area contributed by atoms with Crippen molar-refractivity contribution in [2.24, 2.45) is 0 Å². The fourth-order valence-corrected chi connectivity index (χ4v) is 26.9. The van der Waals surface area contributed by atoms with Crippen LogP contribution >= 0.6 is 0 Å². The number of aliphatic hydroxyl groups excluding tert-OH is 1. The van der Waals surface area contributed by atoms with Crippen LogP contribution in [0.25, 0.3) is 0 Å². The van der Waals surface area contributed by atoms with Gasteiger partial charge in [-0.1, -0.05) is 312 Å². The molecule has 0 amide bonds. The Kier molecular flexibility index (Phi) is 41.6. The zero-order valence-corrected chi connectivity index (χ0v) is 77.1. The van der Waals surface area contributed by atoms with E-state index in [1.54, 1.807) is 32.9 Å². The Bertz CT molecular complexity index is 4600. The Morgan fingerprint density at radius 3 is 0.584 bits per heavy atom. The van der Waals surface area contributed by atoms with Gasteiger partial charge in [0.1, 0.15) is 37.6 Å². The molecule has 29 heteroatoms. The molecule has 0 aliphatic carbocycles. The lowest BCUT2D eigenvalue weighted by Gasteiger charge is -2.44. The number of rotatable bonds is 34. The maximum absolute atomic E-state index is 13.3. The molecule has 8 aromatic carbocycles. The van der Waals surface area contributed by atoms with Crippen LogP contribution in [0.1, 0.15) is 157 Å². The minimum atomic E-state index is -3.06. The molecule has 0 aliphatic heterocycles. The predicted molar refractivity (Wildman–Crippen MR) is 480 cm³/mol. The highest BCUT2D eigenvalue weighted by molar-refractivity contribution is 7.01. The number of carbonyl (C=O) groups excluding carboxylic acids is 9. The highest BCUT2D eigenvalue weighted by Gasteiger charge is 2.55. The van der Waals surface area contributed by atoms with Gasteiger partial charge in [-0.15, -0.1) is 0 Å². The average Bonchev–Trinajstić information content (AvgIpc) is 0.753. The maximum Gasteiger partial charge on any atom is 0.347 e. The van der Waals surface area contributed by atoms with Gasteiger partial charge in [0.15, 0.2) is 42.7 Å². The van der Waals surface area contributed by atoms with E-state index in [1.807, 2.05) is 231 Å². The lowest BCUT2D eigenvalue weighted by Crippen LogP contribution is -2.68. The third-order valence-corrected chi connectivity index (χ3v) is 34.8. The maximum atomic E-state index is 13.3. The Morgan fingerprint density at radius 2 is 0.408 bits per heavy atom. The molecule has 125 heavy (non-hydrogen) atoms. The summed E-state index contributed by atoms with van der Waals surface area (Å²) in [4.78, 5) is 134. The molecule has 0 heterocycles. The van der Waals surface area contributed by atoms with E-state index in [4.69, 9.17) is 71.2 Å². The third-order valence-electron chi connectivity index (χ3n) is 19.5. The number of carbonyl (C=O) groups is 11. The molecule has 0 radical (unpaired) electrons. The van der Waals surface area contributed by atoms with E-state index < -0.39 is 158 Å². The van der Waals surface area contributed by atoms with Gasteiger partial charge < -0.3 is 71.2 Å². The zero-order chi connectivity index (χ0) is 92.5. The van der Waals surface area contributed by atoms with Crippen molar-refractivity contribution in [3.8, 4) is 0 Å².